The number of amides is 1. The summed E-state index contributed by atoms with van der Waals surface area (Å²) in [6.07, 6.45) is -0.638. The average Bonchev–Trinajstić information content (AvgIpc) is 2.68. The average molecular weight is 423 g/mol. The Morgan fingerprint density at radius 1 is 1.07 bits per heavy atom. The molecule has 0 spiro atoms. The van der Waals surface area contributed by atoms with Crippen molar-refractivity contribution in [2.75, 3.05) is 26.2 Å². The van der Waals surface area contributed by atoms with Crippen LogP contribution in [0, 0.1) is 6.92 Å². The number of nitrogens with zero attached hydrogens (tertiary/aromatic N) is 2. The van der Waals surface area contributed by atoms with Gasteiger partial charge in [0.2, 0.25) is 10.0 Å². The van der Waals surface area contributed by atoms with Crippen molar-refractivity contribution in [3.63, 3.8) is 0 Å². The summed E-state index contributed by atoms with van der Waals surface area (Å²) in [4.78, 5) is 14.5. The van der Waals surface area contributed by atoms with Crippen LogP contribution in [0.1, 0.15) is 12.5 Å². The first-order valence-electron chi connectivity index (χ1n) is 9.05. The Kier molecular flexibility index (Phi) is 6.27. The van der Waals surface area contributed by atoms with E-state index in [1.807, 2.05) is 31.2 Å². The molecule has 0 aliphatic carbocycles. The molecule has 1 aliphatic heterocycles. The van der Waals surface area contributed by atoms with Crippen molar-refractivity contribution in [3.8, 4) is 5.75 Å². The van der Waals surface area contributed by atoms with E-state index >= 15 is 0 Å². The molecular weight excluding hydrogens is 400 g/mol. The van der Waals surface area contributed by atoms with Gasteiger partial charge in [-0.2, -0.15) is 4.31 Å². The molecule has 0 aromatic heterocycles. The first-order chi connectivity index (χ1) is 13.3. The number of benzene rings is 2. The Hall–Kier alpha value is -2.09. The lowest BCUT2D eigenvalue weighted by molar-refractivity contribution is -0.139. The molecule has 0 unspecified atom stereocenters. The van der Waals surface area contributed by atoms with Crippen LogP contribution in [-0.2, 0) is 14.8 Å². The number of aryl methyl sites for hydroxylation is 1. The Bertz CT molecular complexity index is 939. The molecule has 1 fully saturated rings. The molecule has 150 valence electrons. The molecular formula is C20H23ClN2O4S. The number of hydrogen-bond acceptors (Lipinski definition) is 4. The molecule has 0 saturated carbocycles. The van der Waals surface area contributed by atoms with Crippen molar-refractivity contribution in [3.05, 3.63) is 59.1 Å². The summed E-state index contributed by atoms with van der Waals surface area (Å²) >= 11 is 5.83. The van der Waals surface area contributed by atoms with Gasteiger partial charge in [-0.1, -0.05) is 23.7 Å². The number of halogens is 1. The lowest BCUT2D eigenvalue weighted by Crippen LogP contribution is -2.53. The highest BCUT2D eigenvalue weighted by atomic mass is 35.5. The molecule has 1 amide bonds. The van der Waals surface area contributed by atoms with Gasteiger partial charge in [-0.25, -0.2) is 8.42 Å². The molecule has 2 aromatic rings. The second-order valence-electron chi connectivity index (χ2n) is 6.76. The van der Waals surface area contributed by atoms with Gasteiger partial charge in [-0.15, -0.1) is 0 Å². The van der Waals surface area contributed by atoms with Crippen LogP contribution in [0.4, 0.5) is 0 Å². The van der Waals surface area contributed by atoms with Crippen molar-refractivity contribution in [2.24, 2.45) is 0 Å². The third kappa shape index (κ3) is 4.66. The summed E-state index contributed by atoms with van der Waals surface area (Å²) in [5, 5.41) is 0.483. The molecule has 0 N–H and O–H groups in total. The van der Waals surface area contributed by atoms with Crippen LogP contribution in [0.2, 0.25) is 5.02 Å². The van der Waals surface area contributed by atoms with Gasteiger partial charge in [0.1, 0.15) is 5.75 Å². The number of hydrogen-bond donors (Lipinski definition) is 0. The van der Waals surface area contributed by atoms with Crippen molar-refractivity contribution in [1.29, 1.82) is 0 Å². The fraction of sp³-hybridized carbons (Fsp3) is 0.350. The number of rotatable bonds is 5. The van der Waals surface area contributed by atoms with Crippen molar-refractivity contribution < 1.29 is 17.9 Å². The highest BCUT2D eigenvalue weighted by Crippen LogP contribution is 2.21. The normalized spacial score (nSPS) is 16.6. The highest BCUT2D eigenvalue weighted by molar-refractivity contribution is 7.89. The molecule has 2 aromatic carbocycles. The number of sulfonamides is 1. The Morgan fingerprint density at radius 2 is 1.71 bits per heavy atom. The standard InChI is InChI=1S/C20H23ClN2O4S/c1-15-4-3-5-18(14-15)27-16(2)20(24)22-10-12-23(13-11-22)28(25,26)19-8-6-17(21)7-9-19/h3-9,14,16H,10-13H2,1-2H3/t16-/m1/s1. The molecule has 6 nitrogen and oxygen atoms in total. The quantitative estimate of drug-likeness (QED) is 0.743. The summed E-state index contributed by atoms with van der Waals surface area (Å²) in [7, 11) is -3.60. The van der Waals surface area contributed by atoms with E-state index in [0.29, 0.717) is 23.9 Å². The maximum absolute atomic E-state index is 12.7. The van der Waals surface area contributed by atoms with E-state index in [1.165, 1.54) is 16.4 Å². The van der Waals surface area contributed by atoms with E-state index in [0.717, 1.165) is 5.56 Å². The third-order valence-electron chi connectivity index (χ3n) is 4.65. The number of piperazine rings is 1. The zero-order valence-electron chi connectivity index (χ0n) is 15.8. The zero-order valence-corrected chi connectivity index (χ0v) is 17.4. The van der Waals surface area contributed by atoms with Gasteiger partial charge in [0.15, 0.2) is 6.10 Å². The van der Waals surface area contributed by atoms with Crippen LogP contribution in [0.3, 0.4) is 0 Å². The summed E-state index contributed by atoms with van der Waals surface area (Å²) in [5.74, 6) is 0.495. The summed E-state index contributed by atoms with van der Waals surface area (Å²) in [6.45, 7) is 4.81. The van der Waals surface area contributed by atoms with E-state index in [-0.39, 0.29) is 23.9 Å². The fourth-order valence-corrected chi connectivity index (χ4v) is 4.65. The molecule has 1 saturated heterocycles. The van der Waals surface area contributed by atoms with Crippen LogP contribution < -0.4 is 4.74 Å². The predicted octanol–water partition coefficient (Wildman–Crippen LogP) is 2.95. The second kappa shape index (κ2) is 8.51. The summed E-state index contributed by atoms with van der Waals surface area (Å²) in [5.41, 5.74) is 1.05. The summed E-state index contributed by atoms with van der Waals surface area (Å²) < 4.78 is 32.6. The predicted molar refractivity (Wildman–Crippen MR) is 108 cm³/mol. The number of carbonyl (C=O) groups excluding carboxylic acids is 1. The maximum Gasteiger partial charge on any atom is 0.263 e. The number of ether oxygens (including phenoxy) is 1. The van der Waals surface area contributed by atoms with Crippen molar-refractivity contribution >= 4 is 27.5 Å². The minimum atomic E-state index is -3.60. The van der Waals surface area contributed by atoms with Crippen LogP contribution in [0.5, 0.6) is 5.75 Å². The lowest BCUT2D eigenvalue weighted by Gasteiger charge is -2.35. The van der Waals surface area contributed by atoms with Crippen LogP contribution >= 0.6 is 11.6 Å². The van der Waals surface area contributed by atoms with Gasteiger partial charge < -0.3 is 9.64 Å². The largest absolute Gasteiger partial charge is 0.481 e. The SMILES string of the molecule is Cc1cccc(O[C@H](C)C(=O)N2CCN(S(=O)(=O)c3ccc(Cl)cc3)CC2)c1. The molecule has 1 heterocycles. The molecule has 8 heteroatoms. The van der Waals surface area contributed by atoms with E-state index < -0.39 is 16.1 Å². The van der Waals surface area contributed by atoms with Gasteiger partial charge in [0.25, 0.3) is 5.91 Å². The molecule has 0 radical (unpaired) electrons. The van der Waals surface area contributed by atoms with E-state index in [1.54, 1.807) is 24.0 Å². The lowest BCUT2D eigenvalue weighted by atomic mass is 10.2. The molecule has 0 bridgehead atoms. The van der Waals surface area contributed by atoms with E-state index in [9.17, 15) is 13.2 Å². The maximum atomic E-state index is 12.7. The molecule has 1 atom stereocenters. The third-order valence-corrected chi connectivity index (χ3v) is 6.82. The van der Waals surface area contributed by atoms with Gasteiger partial charge in [-0.05, 0) is 55.8 Å². The molecule has 1 aliphatic rings. The van der Waals surface area contributed by atoms with Gasteiger partial charge in [0, 0.05) is 31.2 Å². The fourth-order valence-electron chi connectivity index (χ4n) is 3.10. The minimum absolute atomic E-state index is 0.148. The van der Waals surface area contributed by atoms with Gasteiger partial charge in [0.05, 0.1) is 4.90 Å². The van der Waals surface area contributed by atoms with Gasteiger partial charge in [-0.3, -0.25) is 4.79 Å². The first-order valence-corrected chi connectivity index (χ1v) is 10.9. The Labute approximate surface area is 170 Å². The number of carbonyl (C=O) groups is 1. The van der Waals surface area contributed by atoms with Crippen LogP contribution in [-0.4, -0.2) is 55.8 Å². The highest BCUT2D eigenvalue weighted by Gasteiger charge is 2.32. The van der Waals surface area contributed by atoms with E-state index in [2.05, 4.69) is 0 Å². The Morgan fingerprint density at radius 3 is 2.32 bits per heavy atom. The minimum Gasteiger partial charge on any atom is -0.481 e. The van der Waals surface area contributed by atoms with Crippen molar-refractivity contribution in [1.82, 2.24) is 9.21 Å². The Balaban J connectivity index is 1.59. The van der Waals surface area contributed by atoms with Crippen LogP contribution in [0.25, 0.3) is 0 Å². The zero-order chi connectivity index (χ0) is 20.3. The van der Waals surface area contributed by atoms with Crippen LogP contribution in [0.15, 0.2) is 53.4 Å². The monoisotopic (exact) mass is 422 g/mol. The van der Waals surface area contributed by atoms with E-state index in [4.69, 9.17) is 16.3 Å². The second-order valence-corrected chi connectivity index (χ2v) is 9.13. The smallest absolute Gasteiger partial charge is 0.263 e. The molecule has 28 heavy (non-hydrogen) atoms. The summed E-state index contributed by atoms with van der Waals surface area (Å²) in [6, 6.07) is 13.6. The topological polar surface area (TPSA) is 66.9 Å². The van der Waals surface area contributed by atoms with Gasteiger partial charge >= 0.3 is 0 Å². The van der Waals surface area contributed by atoms with Crippen molar-refractivity contribution in [2.45, 2.75) is 24.8 Å². The molecule has 3 rings (SSSR count). The first kappa shape index (κ1) is 20.6.